The van der Waals surface area contributed by atoms with Crippen molar-refractivity contribution in [2.75, 3.05) is 0 Å². The second-order valence-corrected chi connectivity index (χ2v) is 4.86. The van der Waals surface area contributed by atoms with Gasteiger partial charge in [-0.2, -0.15) is 0 Å². The molecule has 1 N–H and O–H groups in total. The zero-order chi connectivity index (χ0) is 15.4. The van der Waals surface area contributed by atoms with Crippen LogP contribution >= 0.6 is 0 Å². The van der Waals surface area contributed by atoms with Gasteiger partial charge in [-0.1, -0.05) is 36.4 Å². The number of benzene rings is 2. The number of hydrogen-bond donors (Lipinski definition) is 1. The summed E-state index contributed by atoms with van der Waals surface area (Å²) in [7, 11) is 0. The van der Waals surface area contributed by atoms with Crippen LogP contribution in [0, 0.1) is 5.82 Å². The third-order valence-corrected chi connectivity index (χ3v) is 3.37. The lowest BCUT2D eigenvalue weighted by Gasteiger charge is -2.08. The van der Waals surface area contributed by atoms with E-state index in [0.29, 0.717) is 5.56 Å². The number of phenols is 1. The molecule has 0 saturated heterocycles. The first kappa shape index (κ1) is 14.0. The second-order valence-electron chi connectivity index (χ2n) is 4.86. The number of nitrogens with zero attached hydrogens (tertiary/aromatic N) is 1. The Morgan fingerprint density at radius 3 is 2.41 bits per heavy atom. The first-order valence-corrected chi connectivity index (χ1v) is 6.90. The Bertz CT molecular complexity index is 813. The normalized spacial score (nSPS) is 11.0. The van der Waals surface area contributed by atoms with Gasteiger partial charge in [0.2, 0.25) is 0 Å². The quantitative estimate of drug-likeness (QED) is 0.754. The molecule has 0 saturated carbocycles. The summed E-state index contributed by atoms with van der Waals surface area (Å²) in [6, 6.07) is 15.6. The predicted molar refractivity (Wildman–Crippen MR) is 86.7 cm³/mol. The van der Waals surface area contributed by atoms with Crippen LogP contribution in [0.5, 0.6) is 5.75 Å². The van der Waals surface area contributed by atoms with Crippen LogP contribution in [-0.4, -0.2) is 10.1 Å². The smallest absolute Gasteiger partial charge is 0.126 e. The monoisotopic (exact) mass is 291 g/mol. The summed E-state index contributed by atoms with van der Waals surface area (Å²) in [4.78, 5) is 3.98. The molecule has 0 aliphatic rings. The molecule has 0 radical (unpaired) electrons. The lowest BCUT2D eigenvalue weighted by atomic mass is 9.98. The maximum atomic E-state index is 13.2. The summed E-state index contributed by atoms with van der Waals surface area (Å²) in [5.41, 5.74) is 3.44. The van der Waals surface area contributed by atoms with Crippen LogP contribution in [0.15, 0.2) is 67.0 Å². The van der Waals surface area contributed by atoms with Crippen LogP contribution in [0.4, 0.5) is 4.39 Å². The molecule has 0 bridgehead atoms. The molecule has 1 heterocycles. The maximum Gasteiger partial charge on any atom is 0.126 e. The van der Waals surface area contributed by atoms with Gasteiger partial charge < -0.3 is 5.11 Å². The molecule has 22 heavy (non-hydrogen) atoms. The summed E-state index contributed by atoms with van der Waals surface area (Å²) >= 11 is 0. The lowest BCUT2D eigenvalue weighted by molar-refractivity contribution is 0.471. The van der Waals surface area contributed by atoms with Crippen molar-refractivity contribution in [1.29, 1.82) is 0 Å². The number of hydrogen-bond acceptors (Lipinski definition) is 2. The Balaban J connectivity index is 2.02. The molecule has 0 spiro atoms. The van der Waals surface area contributed by atoms with Crippen molar-refractivity contribution in [3.63, 3.8) is 0 Å². The molecule has 2 aromatic carbocycles. The van der Waals surface area contributed by atoms with Gasteiger partial charge in [0.25, 0.3) is 0 Å². The number of halogens is 1. The molecule has 108 valence electrons. The number of pyridine rings is 1. The van der Waals surface area contributed by atoms with Crippen molar-refractivity contribution >= 4 is 12.2 Å². The van der Waals surface area contributed by atoms with Gasteiger partial charge in [-0.15, -0.1) is 0 Å². The fourth-order valence-corrected chi connectivity index (χ4v) is 2.28. The molecule has 0 aliphatic heterocycles. The highest BCUT2D eigenvalue weighted by molar-refractivity contribution is 5.83. The van der Waals surface area contributed by atoms with E-state index in [2.05, 4.69) is 4.98 Å². The summed E-state index contributed by atoms with van der Waals surface area (Å²) in [6.07, 6.45) is 7.41. The molecule has 1 aromatic heterocycles. The van der Waals surface area contributed by atoms with E-state index >= 15 is 0 Å². The molecule has 0 aliphatic carbocycles. The highest BCUT2D eigenvalue weighted by Gasteiger charge is 2.08. The number of aromatic nitrogens is 1. The molecule has 0 atom stereocenters. The van der Waals surface area contributed by atoms with Gasteiger partial charge in [0.05, 0.1) is 0 Å². The zero-order valence-corrected chi connectivity index (χ0v) is 11.8. The molecule has 0 unspecified atom stereocenters. The van der Waals surface area contributed by atoms with Crippen LogP contribution in [-0.2, 0) is 0 Å². The zero-order valence-electron chi connectivity index (χ0n) is 11.8. The topological polar surface area (TPSA) is 33.1 Å². The van der Waals surface area contributed by atoms with Crippen molar-refractivity contribution in [2.45, 2.75) is 0 Å². The Morgan fingerprint density at radius 2 is 1.64 bits per heavy atom. The highest BCUT2D eigenvalue weighted by atomic mass is 19.1. The lowest BCUT2D eigenvalue weighted by Crippen LogP contribution is -1.85. The molecule has 0 fully saturated rings. The average molecular weight is 291 g/mol. The Kier molecular flexibility index (Phi) is 3.97. The average Bonchev–Trinajstić information content (AvgIpc) is 2.54. The van der Waals surface area contributed by atoms with Crippen molar-refractivity contribution < 1.29 is 9.50 Å². The van der Waals surface area contributed by atoms with Gasteiger partial charge in [-0.05, 0) is 41.0 Å². The van der Waals surface area contributed by atoms with Gasteiger partial charge >= 0.3 is 0 Å². The summed E-state index contributed by atoms with van der Waals surface area (Å²) in [5.74, 6) is -0.518. The van der Waals surface area contributed by atoms with Gasteiger partial charge in [-0.25, -0.2) is 4.39 Å². The fraction of sp³-hybridized carbons (Fsp3) is 0. The van der Waals surface area contributed by atoms with Crippen LogP contribution in [0.3, 0.4) is 0 Å². The summed E-state index contributed by atoms with van der Waals surface area (Å²) in [5, 5.41) is 9.98. The highest BCUT2D eigenvalue weighted by Crippen LogP contribution is 2.32. The van der Waals surface area contributed by atoms with Crippen molar-refractivity contribution in [1.82, 2.24) is 4.98 Å². The van der Waals surface area contributed by atoms with Crippen LogP contribution in [0.1, 0.15) is 11.1 Å². The van der Waals surface area contributed by atoms with Gasteiger partial charge in [-0.3, -0.25) is 4.98 Å². The first-order valence-electron chi connectivity index (χ1n) is 6.90. The third kappa shape index (κ3) is 3.04. The molecule has 0 amide bonds. The number of phenolic OH excluding ortho intramolecular Hbond substituents is 1. The number of aromatic hydroxyl groups is 1. The predicted octanol–water partition coefficient (Wildman–Crippen LogP) is 4.76. The van der Waals surface area contributed by atoms with Crippen LogP contribution in [0.2, 0.25) is 0 Å². The van der Waals surface area contributed by atoms with E-state index in [1.54, 1.807) is 18.5 Å². The van der Waals surface area contributed by atoms with Crippen molar-refractivity contribution in [3.8, 4) is 16.9 Å². The van der Waals surface area contributed by atoms with E-state index in [1.807, 2.05) is 48.6 Å². The molecular weight excluding hydrogens is 277 g/mol. The van der Waals surface area contributed by atoms with Crippen LogP contribution < -0.4 is 0 Å². The van der Waals surface area contributed by atoms with E-state index in [1.165, 1.54) is 6.07 Å². The summed E-state index contributed by atoms with van der Waals surface area (Å²) in [6.45, 7) is 0. The van der Waals surface area contributed by atoms with E-state index in [-0.39, 0.29) is 5.75 Å². The van der Waals surface area contributed by atoms with Crippen LogP contribution in [0.25, 0.3) is 23.3 Å². The van der Waals surface area contributed by atoms with Crippen molar-refractivity contribution in [2.24, 2.45) is 0 Å². The SMILES string of the molecule is Oc1cc(F)ccc1-c1ccccc1/C=C/c1ccncc1. The molecule has 2 nitrogen and oxygen atoms in total. The maximum absolute atomic E-state index is 13.2. The molecule has 3 heteroatoms. The minimum Gasteiger partial charge on any atom is -0.507 e. The van der Waals surface area contributed by atoms with E-state index < -0.39 is 5.82 Å². The fourth-order valence-electron chi connectivity index (χ4n) is 2.28. The summed E-state index contributed by atoms with van der Waals surface area (Å²) < 4.78 is 13.2. The third-order valence-electron chi connectivity index (χ3n) is 3.37. The van der Waals surface area contributed by atoms with Crippen molar-refractivity contribution in [3.05, 3.63) is 83.9 Å². The largest absolute Gasteiger partial charge is 0.507 e. The van der Waals surface area contributed by atoms with Gasteiger partial charge in [0, 0.05) is 24.0 Å². The second kappa shape index (κ2) is 6.22. The number of rotatable bonds is 3. The molecule has 3 aromatic rings. The Morgan fingerprint density at radius 1 is 0.864 bits per heavy atom. The first-order chi connectivity index (χ1) is 10.7. The van der Waals surface area contributed by atoms with E-state index in [0.717, 1.165) is 22.8 Å². The Labute approximate surface area is 128 Å². The molecular formula is C19H14FNO. The minimum absolute atomic E-state index is 0.0650. The minimum atomic E-state index is -0.453. The standard InChI is InChI=1S/C19H14FNO/c20-16-7-8-18(19(22)13-16)17-4-2-1-3-15(17)6-5-14-9-11-21-12-10-14/h1-13,22H/b6-5+. The van der Waals surface area contributed by atoms with E-state index in [4.69, 9.17) is 0 Å². The van der Waals surface area contributed by atoms with Gasteiger partial charge in [0.1, 0.15) is 11.6 Å². The van der Waals surface area contributed by atoms with E-state index in [9.17, 15) is 9.50 Å². The molecule has 3 rings (SSSR count). The Hall–Kier alpha value is -2.94. The van der Waals surface area contributed by atoms with Gasteiger partial charge in [0.15, 0.2) is 0 Å².